The van der Waals surface area contributed by atoms with E-state index in [-0.39, 0.29) is 11.7 Å². The van der Waals surface area contributed by atoms with Crippen LogP contribution in [0.3, 0.4) is 0 Å². The van der Waals surface area contributed by atoms with Gasteiger partial charge in [0.1, 0.15) is 5.82 Å². The van der Waals surface area contributed by atoms with Gasteiger partial charge in [0, 0.05) is 12.1 Å². The molecule has 0 spiro atoms. The molecule has 1 saturated carbocycles. The lowest BCUT2D eigenvalue weighted by Crippen LogP contribution is -2.36. The molecule has 1 aliphatic heterocycles. The van der Waals surface area contributed by atoms with E-state index in [1.165, 1.54) is 37.7 Å². The van der Waals surface area contributed by atoms with Crippen molar-refractivity contribution < 1.29 is 4.39 Å². The van der Waals surface area contributed by atoms with E-state index in [2.05, 4.69) is 49.2 Å². The average molecular weight is 421 g/mol. The summed E-state index contributed by atoms with van der Waals surface area (Å²) in [5.41, 5.74) is 3.77. The molecule has 2 aromatic carbocycles. The number of rotatable bonds is 7. The molecule has 4 rings (SSSR count). The molecule has 2 unspecified atom stereocenters. The summed E-state index contributed by atoms with van der Waals surface area (Å²) in [6.07, 6.45) is 8.77. The van der Waals surface area contributed by atoms with Crippen molar-refractivity contribution in [2.75, 3.05) is 6.54 Å². The lowest BCUT2D eigenvalue weighted by molar-refractivity contribution is 0.144. The summed E-state index contributed by atoms with van der Waals surface area (Å²) in [5, 5.41) is 7.49. The van der Waals surface area contributed by atoms with Gasteiger partial charge in [0.2, 0.25) is 0 Å². The Morgan fingerprint density at radius 3 is 2.32 bits per heavy atom. The van der Waals surface area contributed by atoms with Gasteiger partial charge in [-0.2, -0.15) is 5.10 Å². The minimum absolute atomic E-state index is 0.116. The first-order valence-electron chi connectivity index (χ1n) is 12.3. The number of halogens is 1. The Kier molecular flexibility index (Phi) is 7.09. The molecule has 0 radical (unpaired) electrons. The summed E-state index contributed by atoms with van der Waals surface area (Å²) in [4.78, 5) is 0. The van der Waals surface area contributed by atoms with E-state index in [9.17, 15) is 0 Å². The second-order valence-corrected chi connectivity index (χ2v) is 9.63. The van der Waals surface area contributed by atoms with Crippen LogP contribution in [0.4, 0.5) is 4.39 Å². The third-order valence-electron chi connectivity index (χ3n) is 7.43. The minimum atomic E-state index is -0.153. The molecule has 1 aliphatic carbocycles. The van der Waals surface area contributed by atoms with E-state index in [1.54, 1.807) is 6.07 Å². The summed E-state index contributed by atoms with van der Waals surface area (Å²) >= 11 is 0. The van der Waals surface area contributed by atoms with Crippen LogP contribution in [-0.2, 0) is 0 Å². The van der Waals surface area contributed by atoms with Crippen LogP contribution < -0.4 is 0 Å². The van der Waals surface area contributed by atoms with Gasteiger partial charge in [-0.3, -0.25) is 5.01 Å². The molecule has 1 heterocycles. The van der Waals surface area contributed by atoms with Gasteiger partial charge in [0.05, 0.1) is 17.7 Å². The van der Waals surface area contributed by atoms with Crippen LogP contribution in [0.5, 0.6) is 0 Å². The fraction of sp³-hybridized carbons (Fsp3) is 0.536. The molecular formula is C28H37FN2. The Hall–Kier alpha value is -2.16. The molecule has 0 bridgehead atoms. The van der Waals surface area contributed by atoms with Crippen molar-refractivity contribution in [2.45, 2.75) is 77.7 Å². The summed E-state index contributed by atoms with van der Waals surface area (Å²) < 4.78 is 15.1. The number of hydrogen-bond acceptors (Lipinski definition) is 2. The molecule has 31 heavy (non-hydrogen) atoms. The van der Waals surface area contributed by atoms with Gasteiger partial charge < -0.3 is 0 Å². The van der Waals surface area contributed by atoms with E-state index in [0.717, 1.165) is 36.6 Å². The van der Waals surface area contributed by atoms with Crippen LogP contribution >= 0.6 is 0 Å². The van der Waals surface area contributed by atoms with Crippen molar-refractivity contribution in [2.24, 2.45) is 16.9 Å². The van der Waals surface area contributed by atoms with Crippen LogP contribution in [0.1, 0.15) is 81.4 Å². The summed E-state index contributed by atoms with van der Waals surface area (Å²) in [6.45, 7) is 7.51. The highest BCUT2D eigenvalue weighted by atomic mass is 19.1. The zero-order chi connectivity index (χ0) is 21.8. The van der Waals surface area contributed by atoms with Gasteiger partial charge in [0.25, 0.3) is 0 Å². The van der Waals surface area contributed by atoms with Gasteiger partial charge >= 0.3 is 0 Å². The summed E-state index contributed by atoms with van der Waals surface area (Å²) in [5.74, 6) is 1.56. The number of nitrogens with zero attached hydrogens (tertiary/aromatic N) is 2. The fourth-order valence-corrected chi connectivity index (χ4v) is 5.59. The Morgan fingerprint density at radius 2 is 1.68 bits per heavy atom. The SMILES string of the molecule is CCCC1C(c2ccccc2)C(c2ccc(C)cc2F)=NN1CC1CCC(CC)CC1. The first-order valence-corrected chi connectivity index (χ1v) is 12.3. The smallest absolute Gasteiger partial charge is 0.132 e. The molecule has 0 amide bonds. The second-order valence-electron chi connectivity index (χ2n) is 9.63. The maximum absolute atomic E-state index is 15.1. The van der Waals surface area contributed by atoms with E-state index in [1.807, 2.05) is 19.1 Å². The third kappa shape index (κ3) is 4.86. The fourth-order valence-electron chi connectivity index (χ4n) is 5.59. The summed E-state index contributed by atoms with van der Waals surface area (Å²) in [6, 6.07) is 16.5. The van der Waals surface area contributed by atoms with Crippen LogP contribution in [0, 0.1) is 24.6 Å². The normalized spacial score (nSPS) is 26.2. The molecule has 2 atom stereocenters. The van der Waals surface area contributed by atoms with Crippen molar-refractivity contribution >= 4 is 5.71 Å². The maximum atomic E-state index is 15.1. The van der Waals surface area contributed by atoms with Gasteiger partial charge in [-0.1, -0.05) is 75.9 Å². The predicted molar refractivity (Wildman–Crippen MR) is 128 cm³/mol. The number of hydrazone groups is 1. The van der Waals surface area contributed by atoms with Crippen LogP contribution in [0.25, 0.3) is 0 Å². The van der Waals surface area contributed by atoms with Crippen molar-refractivity contribution in [1.82, 2.24) is 5.01 Å². The Bertz CT molecular complexity index is 883. The number of aryl methyl sites for hydroxylation is 1. The van der Waals surface area contributed by atoms with Gasteiger partial charge in [-0.25, -0.2) is 4.39 Å². The lowest BCUT2D eigenvalue weighted by atomic mass is 9.80. The number of hydrogen-bond donors (Lipinski definition) is 0. The average Bonchev–Trinajstić information content (AvgIpc) is 3.12. The Balaban J connectivity index is 1.67. The zero-order valence-corrected chi connectivity index (χ0v) is 19.4. The highest BCUT2D eigenvalue weighted by Crippen LogP contribution is 2.39. The van der Waals surface area contributed by atoms with Crippen LogP contribution in [0.2, 0.25) is 0 Å². The molecule has 0 aromatic heterocycles. The molecule has 0 saturated heterocycles. The largest absolute Gasteiger partial charge is 0.292 e. The minimum Gasteiger partial charge on any atom is -0.292 e. The first kappa shape index (κ1) is 22.0. The molecule has 1 fully saturated rings. The molecule has 166 valence electrons. The van der Waals surface area contributed by atoms with E-state index in [4.69, 9.17) is 5.10 Å². The third-order valence-corrected chi connectivity index (χ3v) is 7.43. The van der Waals surface area contributed by atoms with Crippen molar-refractivity contribution in [1.29, 1.82) is 0 Å². The highest BCUT2D eigenvalue weighted by Gasteiger charge is 2.40. The van der Waals surface area contributed by atoms with Crippen molar-refractivity contribution in [3.05, 3.63) is 71.0 Å². The van der Waals surface area contributed by atoms with E-state index in [0.29, 0.717) is 17.5 Å². The predicted octanol–water partition coefficient (Wildman–Crippen LogP) is 7.32. The standard InChI is InChI=1S/C28H37FN2/c1-4-9-26-27(23-10-7-6-8-11-23)28(24-17-12-20(3)18-25(24)29)30-31(26)19-22-15-13-21(5-2)14-16-22/h6-8,10-12,17-18,21-22,26-27H,4-5,9,13-16,19H2,1-3H3. The lowest BCUT2D eigenvalue weighted by Gasteiger charge is -2.34. The second kappa shape index (κ2) is 9.97. The topological polar surface area (TPSA) is 15.6 Å². The maximum Gasteiger partial charge on any atom is 0.132 e. The monoisotopic (exact) mass is 420 g/mol. The van der Waals surface area contributed by atoms with E-state index < -0.39 is 0 Å². The molecule has 2 nitrogen and oxygen atoms in total. The van der Waals surface area contributed by atoms with Crippen LogP contribution in [-0.4, -0.2) is 23.3 Å². The molecular weight excluding hydrogens is 383 g/mol. The van der Waals surface area contributed by atoms with Crippen molar-refractivity contribution in [3.63, 3.8) is 0 Å². The summed E-state index contributed by atoms with van der Waals surface area (Å²) in [7, 11) is 0. The van der Waals surface area contributed by atoms with Gasteiger partial charge in [-0.15, -0.1) is 0 Å². The quantitative estimate of drug-likeness (QED) is 0.458. The molecule has 3 heteroatoms. The van der Waals surface area contributed by atoms with Gasteiger partial charge in [0.15, 0.2) is 0 Å². The van der Waals surface area contributed by atoms with E-state index >= 15 is 4.39 Å². The zero-order valence-electron chi connectivity index (χ0n) is 19.4. The first-order chi connectivity index (χ1) is 15.1. The molecule has 2 aliphatic rings. The Morgan fingerprint density at radius 1 is 0.968 bits per heavy atom. The number of benzene rings is 2. The Labute approximate surface area is 187 Å². The van der Waals surface area contributed by atoms with Crippen LogP contribution in [0.15, 0.2) is 53.6 Å². The molecule has 0 N–H and O–H groups in total. The molecule has 2 aromatic rings. The highest BCUT2D eigenvalue weighted by molar-refractivity contribution is 6.06. The van der Waals surface area contributed by atoms with Crippen molar-refractivity contribution in [3.8, 4) is 0 Å². The van der Waals surface area contributed by atoms with Gasteiger partial charge in [-0.05, 0) is 61.3 Å².